The summed E-state index contributed by atoms with van der Waals surface area (Å²) in [5.74, 6) is 1.43. The number of anilines is 2. The van der Waals surface area contributed by atoms with E-state index in [1.165, 1.54) is 31.5 Å². The molecule has 0 amide bonds. The van der Waals surface area contributed by atoms with E-state index in [0.29, 0.717) is 29.9 Å². The van der Waals surface area contributed by atoms with Gasteiger partial charge in [0.05, 0.1) is 18.5 Å². The number of hydrogen-bond acceptors (Lipinski definition) is 8. The van der Waals surface area contributed by atoms with E-state index < -0.39 is 0 Å². The van der Waals surface area contributed by atoms with Crippen LogP contribution in [0.1, 0.15) is 49.4 Å². The highest BCUT2D eigenvalue weighted by Crippen LogP contribution is 2.36. The maximum absolute atomic E-state index is 6.09. The highest BCUT2D eigenvalue weighted by atomic mass is 16.5. The molecule has 2 fully saturated rings. The van der Waals surface area contributed by atoms with E-state index in [1.54, 1.807) is 10.7 Å². The smallest absolute Gasteiger partial charge is 0.336 e. The number of nitrogen functional groups attached to an aromatic ring is 1. The fourth-order valence-corrected chi connectivity index (χ4v) is 4.71. The Bertz CT molecular complexity index is 1100. The van der Waals surface area contributed by atoms with Crippen molar-refractivity contribution in [3.63, 3.8) is 0 Å². The van der Waals surface area contributed by atoms with Crippen LogP contribution in [0.2, 0.25) is 0 Å². The Kier molecular flexibility index (Phi) is 5.58. The van der Waals surface area contributed by atoms with Gasteiger partial charge < -0.3 is 20.7 Å². The van der Waals surface area contributed by atoms with Gasteiger partial charge in [0.1, 0.15) is 5.82 Å². The molecule has 0 atom stereocenters. The number of hydrogen-bond donors (Lipinski definition) is 2. The molecule has 170 valence electrons. The summed E-state index contributed by atoms with van der Waals surface area (Å²) >= 11 is 0. The Morgan fingerprint density at radius 3 is 2.69 bits per heavy atom. The van der Waals surface area contributed by atoms with Crippen LogP contribution in [0.3, 0.4) is 0 Å². The molecular weight excluding hydrogens is 404 g/mol. The number of fused-ring (bicyclic) bond motifs is 1. The van der Waals surface area contributed by atoms with Crippen LogP contribution >= 0.6 is 0 Å². The zero-order valence-corrected chi connectivity index (χ0v) is 19.0. The van der Waals surface area contributed by atoms with Crippen LogP contribution in [0.25, 0.3) is 5.65 Å². The van der Waals surface area contributed by atoms with E-state index >= 15 is 0 Å². The molecule has 2 aliphatic heterocycles. The summed E-state index contributed by atoms with van der Waals surface area (Å²) in [6, 6.07) is 2.51. The van der Waals surface area contributed by atoms with Gasteiger partial charge in [-0.3, -0.25) is 0 Å². The van der Waals surface area contributed by atoms with Crippen molar-refractivity contribution in [2.24, 2.45) is 5.41 Å². The Balaban J connectivity index is 1.32. The molecule has 5 rings (SSSR count). The first kappa shape index (κ1) is 20.9. The summed E-state index contributed by atoms with van der Waals surface area (Å²) in [6.45, 7) is 9.35. The number of aryl methyl sites for hydroxylation is 1. The Morgan fingerprint density at radius 2 is 2.00 bits per heavy atom. The topological polar surface area (TPSA) is 106 Å². The molecular formula is C23H32N8O. The normalized spacial score (nSPS) is 17.6. The number of nitrogens with two attached hydrogens (primary N) is 1. The molecule has 9 heteroatoms. The van der Waals surface area contributed by atoms with Crippen LogP contribution in [0, 0.1) is 12.3 Å². The molecule has 2 aliphatic rings. The molecule has 2 saturated heterocycles. The Hall–Kier alpha value is -2.94. The average Bonchev–Trinajstić information content (AvgIpc) is 3.16. The first-order valence-corrected chi connectivity index (χ1v) is 11.6. The molecule has 0 radical (unpaired) electrons. The third-order valence-corrected chi connectivity index (χ3v) is 6.78. The van der Waals surface area contributed by atoms with Gasteiger partial charge >= 0.3 is 6.01 Å². The van der Waals surface area contributed by atoms with Gasteiger partial charge in [0.15, 0.2) is 11.5 Å². The lowest BCUT2D eigenvalue weighted by Crippen LogP contribution is -2.58. The zero-order valence-electron chi connectivity index (χ0n) is 19.0. The molecule has 5 heterocycles. The lowest BCUT2D eigenvalue weighted by Gasteiger charge is -2.48. The predicted octanol–water partition coefficient (Wildman–Crippen LogP) is 2.37. The van der Waals surface area contributed by atoms with Gasteiger partial charge in [-0.2, -0.15) is 4.98 Å². The summed E-state index contributed by atoms with van der Waals surface area (Å²) in [5, 5.41) is 7.94. The van der Waals surface area contributed by atoms with E-state index in [2.05, 4.69) is 45.2 Å². The maximum atomic E-state index is 6.09. The van der Waals surface area contributed by atoms with Crippen molar-refractivity contribution < 1.29 is 4.74 Å². The van der Waals surface area contributed by atoms with Crippen LogP contribution in [0.15, 0.2) is 18.5 Å². The number of piperidine rings is 1. The number of ether oxygens (including phenoxy) is 1. The van der Waals surface area contributed by atoms with Crippen LogP contribution in [-0.2, 0) is 6.42 Å². The van der Waals surface area contributed by atoms with Gasteiger partial charge in [-0.15, -0.1) is 5.10 Å². The summed E-state index contributed by atoms with van der Waals surface area (Å²) in [7, 11) is 0. The van der Waals surface area contributed by atoms with E-state index in [4.69, 9.17) is 15.5 Å². The maximum Gasteiger partial charge on any atom is 0.336 e. The number of aromatic nitrogens is 5. The Labute approximate surface area is 188 Å². The van der Waals surface area contributed by atoms with E-state index in [0.717, 1.165) is 43.0 Å². The first-order valence-electron chi connectivity index (χ1n) is 11.6. The van der Waals surface area contributed by atoms with E-state index in [9.17, 15) is 0 Å². The van der Waals surface area contributed by atoms with Crippen molar-refractivity contribution in [1.29, 1.82) is 0 Å². The highest BCUT2D eigenvalue weighted by Gasteiger charge is 2.39. The van der Waals surface area contributed by atoms with Crippen LogP contribution < -0.4 is 20.7 Å². The molecule has 32 heavy (non-hydrogen) atoms. The second-order valence-corrected chi connectivity index (χ2v) is 9.22. The number of unbranched alkanes of at least 4 members (excludes halogenated alkanes) is 1. The fraction of sp³-hybridized carbons (Fsp3) is 0.565. The molecule has 3 aromatic heterocycles. The highest BCUT2D eigenvalue weighted by molar-refractivity contribution is 5.60. The zero-order chi connectivity index (χ0) is 22.1. The number of nitrogens with zero attached hydrogens (tertiary/aromatic N) is 6. The van der Waals surface area contributed by atoms with Crippen molar-refractivity contribution >= 4 is 17.3 Å². The summed E-state index contributed by atoms with van der Waals surface area (Å²) in [4.78, 5) is 15.9. The molecule has 1 spiro atoms. The number of nitrogens with one attached hydrogen (secondary N) is 1. The first-order chi connectivity index (χ1) is 15.6. The molecule has 0 saturated carbocycles. The van der Waals surface area contributed by atoms with Gasteiger partial charge in [0.25, 0.3) is 0 Å². The Morgan fingerprint density at radius 1 is 1.19 bits per heavy atom. The quantitative estimate of drug-likeness (QED) is 0.544. The minimum Gasteiger partial charge on any atom is -0.462 e. The number of imidazole rings is 1. The molecule has 0 unspecified atom stereocenters. The lowest BCUT2D eigenvalue weighted by molar-refractivity contribution is 0.126. The standard InChI is InChI=1S/C23H32N8O/c1-3-4-9-32-22-28-19(24)21-27-13-18(31(21)29-22)11-17-10-16(2)20(26-12-17)30-7-5-23(6-8-30)14-25-15-23/h10,12-13,25H,3-9,11,14-15H2,1-2H3,(H2,24,28,29). The molecule has 3 N–H and O–H groups in total. The minimum absolute atomic E-state index is 0.289. The number of rotatable bonds is 7. The van der Waals surface area contributed by atoms with Crippen LogP contribution in [0.4, 0.5) is 11.6 Å². The largest absolute Gasteiger partial charge is 0.462 e. The minimum atomic E-state index is 0.289. The van der Waals surface area contributed by atoms with Gasteiger partial charge in [-0.1, -0.05) is 19.4 Å². The second-order valence-electron chi connectivity index (χ2n) is 9.22. The molecule has 0 bridgehead atoms. The predicted molar refractivity (Wildman–Crippen MR) is 124 cm³/mol. The van der Waals surface area contributed by atoms with Crippen molar-refractivity contribution in [3.05, 3.63) is 35.3 Å². The van der Waals surface area contributed by atoms with Crippen LogP contribution in [-0.4, -0.2) is 57.4 Å². The summed E-state index contributed by atoms with van der Waals surface area (Å²) < 4.78 is 7.41. The van der Waals surface area contributed by atoms with Crippen LogP contribution in [0.5, 0.6) is 6.01 Å². The monoisotopic (exact) mass is 436 g/mol. The lowest BCUT2D eigenvalue weighted by atomic mass is 9.73. The molecule has 3 aromatic rings. The van der Waals surface area contributed by atoms with Gasteiger partial charge in [-0.05, 0) is 42.7 Å². The number of pyridine rings is 1. The molecule has 9 nitrogen and oxygen atoms in total. The van der Waals surface area contributed by atoms with Gasteiger partial charge in [0.2, 0.25) is 0 Å². The third-order valence-electron chi connectivity index (χ3n) is 6.78. The SMILES string of the molecule is CCCCOc1nc(N)c2ncc(Cc3cnc(N4CCC5(CC4)CNC5)c(C)c3)n2n1. The fourth-order valence-electron chi connectivity index (χ4n) is 4.71. The van der Waals surface area contributed by atoms with Gasteiger partial charge in [0, 0.05) is 38.8 Å². The van der Waals surface area contributed by atoms with Crippen molar-refractivity contribution in [3.8, 4) is 6.01 Å². The van der Waals surface area contributed by atoms with E-state index in [-0.39, 0.29) is 6.01 Å². The second kappa shape index (κ2) is 8.54. The molecule has 0 aliphatic carbocycles. The van der Waals surface area contributed by atoms with Crippen molar-refractivity contribution in [2.75, 3.05) is 43.4 Å². The summed E-state index contributed by atoms with van der Waals surface area (Å²) in [5.41, 5.74) is 10.4. The average molecular weight is 437 g/mol. The van der Waals surface area contributed by atoms with Crippen molar-refractivity contribution in [1.82, 2.24) is 29.9 Å². The third kappa shape index (κ3) is 3.97. The van der Waals surface area contributed by atoms with Gasteiger partial charge in [-0.25, -0.2) is 14.5 Å². The van der Waals surface area contributed by atoms with E-state index in [1.807, 2.05) is 6.20 Å². The summed E-state index contributed by atoms with van der Waals surface area (Å²) in [6.07, 6.45) is 8.92. The van der Waals surface area contributed by atoms with Crippen molar-refractivity contribution in [2.45, 2.75) is 46.0 Å². The molecule has 0 aromatic carbocycles.